The van der Waals surface area contributed by atoms with Crippen LogP contribution < -0.4 is 10.9 Å². The standard InChI is InChI=1S/C18H17N3O4S/c1-9-6-4-5-7-12(9)20-16(24)15-10(2)14-17(26-15)19-11(3)21(18(14)25)8-13(22)23/h4-7H,8H2,1-3H3,(H,20,24)(H,22,23). The summed E-state index contributed by atoms with van der Waals surface area (Å²) in [4.78, 5) is 41.5. The Kier molecular flexibility index (Phi) is 4.60. The minimum absolute atomic E-state index is 0.289. The molecule has 2 N–H and O–H groups in total. The van der Waals surface area contributed by atoms with E-state index in [1.165, 1.54) is 0 Å². The monoisotopic (exact) mass is 371 g/mol. The Morgan fingerprint density at radius 2 is 1.92 bits per heavy atom. The van der Waals surface area contributed by atoms with E-state index in [0.29, 0.717) is 26.8 Å². The van der Waals surface area contributed by atoms with Crippen molar-refractivity contribution in [2.75, 3.05) is 5.32 Å². The number of nitrogens with zero attached hydrogens (tertiary/aromatic N) is 2. The number of anilines is 1. The number of hydrogen-bond donors (Lipinski definition) is 2. The number of carbonyl (C=O) groups is 2. The highest BCUT2D eigenvalue weighted by atomic mass is 32.1. The Bertz CT molecular complexity index is 1100. The summed E-state index contributed by atoms with van der Waals surface area (Å²) in [6.07, 6.45) is 0. The number of benzene rings is 1. The Morgan fingerprint density at radius 1 is 1.23 bits per heavy atom. The average molecular weight is 371 g/mol. The van der Waals surface area contributed by atoms with Crippen molar-refractivity contribution >= 4 is 39.1 Å². The minimum atomic E-state index is -1.12. The summed E-state index contributed by atoms with van der Waals surface area (Å²) < 4.78 is 1.10. The van der Waals surface area contributed by atoms with Crippen molar-refractivity contribution in [3.8, 4) is 0 Å². The van der Waals surface area contributed by atoms with Gasteiger partial charge in [0.25, 0.3) is 11.5 Å². The molecule has 0 bridgehead atoms. The van der Waals surface area contributed by atoms with Crippen LogP contribution in [0.15, 0.2) is 29.1 Å². The van der Waals surface area contributed by atoms with Crippen molar-refractivity contribution in [1.82, 2.24) is 9.55 Å². The van der Waals surface area contributed by atoms with E-state index in [-0.39, 0.29) is 11.3 Å². The number of carboxylic acids is 1. The molecule has 0 saturated carbocycles. The van der Waals surface area contributed by atoms with Crippen molar-refractivity contribution in [2.24, 2.45) is 0 Å². The molecule has 2 heterocycles. The van der Waals surface area contributed by atoms with Crippen molar-refractivity contribution in [3.63, 3.8) is 0 Å². The summed E-state index contributed by atoms with van der Waals surface area (Å²) >= 11 is 1.13. The lowest BCUT2D eigenvalue weighted by molar-refractivity contribution is -0.137. The molecule has 0 atom stereocenters. The molecular formula is C18H17N3O4S. The zero-order valence-electron chi connectivity index (χ0n) is 14.5. The fourth-order valence-corrected chi connectivity index (χ4v) is 3.86. The molecule has 0 aliphatic heterocycles. The molecule has 2 aromatic heterocycles. The van der Waals surface area contributed by atoms with Gasteiger partial charge in [0.1, 0.15) is 17.2 Å². The number of amides is 1. The van der Waals surface area contributed by atoms with Gasteiger partial charge in [-0.25, -0.2) is 4.98 Å². The first kappa shape index (κ1) is 17.8. The normalized spacial score (nSPS) is 10.9. The van der Waals surface area contributed by atoms with Crippen LogP contribution in [0.2, 0.25) is 0 Å². The van der Waals surface area contributed by atoms with Gasteiger partial charge in [-0.15, -0.1) is 11.3 Å². The van der Waals surface area contributed by atoms with E-state index in [2.05, 4.69) is 10.3 Å². The van der Waals surface area contributed by atoms with Crippen molar-refractivity contribution < 1.29 is 14.7 Å². The lowest BCUT2D eigenvalue weighted by Gasteiger charge is -2.07. The van der Waals surface area contributed by atoms with Gasteiger partial charge in [-0.2, -0.15) is 0 Å². The first-order valence-electron chi connectivity index (χ1n) is 7.89. The Labute approximate surface area is 152 Å². The van der Waals surface area contributed by atoms with Crippen LogP contribution in [-0.2, 0) is 11.3 Å². The number of aromatic nitrogens is 2. The van der Waals surface area contributed by atoms with Crippen LogP contribution in [0.25, 0.3) is 10.2 Å². The van der Waals surface area contributed by atoms with Gasteiger partial charge < -0.3 is 10.4 Å². The number of carboxylic acid groups (broad SMARTS) is 1. The van der Waals surface area contributed by atoms with Crippen molar-refractivity contribution in [2.45, 2.75) is 27.3 Å². The molecule has 0 unspecified atom stereocenters. The highest BCUT2D eigenvalue weighted by molar-refractivity contribution is 7.20. The highest BCUT2D eigenvalue weighted by Crippen LogP contribution is 2.28. The Balaban J connectivity index is 2.08. The maximum absolute atomic E-state index is 12.7. The van der Waals surface area contributed by atoms with Gasteiger partial charge in [0.15, 0.2) is 0 Å². The molecule has 0 saturated heterocycles. The summed E-state index contributed by atoms with van der Waals surface area (Å²) in [6, 6.07) is 7.41. The van der Waals surface area contributed by atoms with Crippen LogP contribution in [0.4, 0.5) is 5.69 Å². The summed E-state index contributed by atoms with van der Waals surface area (Å²) in [7, 11) is 0. The predicted molar refractivity (Wildman–Crippen MR) is 100 cm³/mol. The number of fused-ring (bicyclic) bond motifs is 1. The molecule has 3 aromatic rings. The van der Waals surface area contributed by atoms with Crippen molar-refractivity contribution in [1.29, 1.82) is 0 Å². The fraction of sp³-hybridized carbons (Fsp3) is 0.222. The number of thiophene rings is 1. The van der Waals surface area contributed by atoms with Crippen LogP contribution in [0, 0.1) is 20.8 Å². The predicted octanol–water partition coefficient (Wildman–Crippen LogP) is 2.72. The first-order chi connectivity index (χ1) is 12.3. The number of hydrogen-bond acceptors (Lipinski definition) is 5. The molecule has 0 radical (unpaired) electrons. The molecular weight excluding hydrogens is 354 g/mol. The molecule has 26 heavy (non-hydrogen) atoms. The first-order valence-corrected chi connectivity index (χ1v) is 8.70. The number of carbonyl (C=O) groups excluding carboxylic acids is 1. The molecule has 134 valence electrons. The number of para-hydroxylation sites is 1. The van der Waals surface area contributed by atoms with Gasteiger partial charge >= 0.3 is 5.97 Å². The van der Waals surface area contributed by atoms with E-state index < -0.39 is 18.1 Å². The van der Waals surface area contributed by atoms with E-state index >= 15 is 0 Å². The SMILES string of the molecule is Cc1ccccc1NC(=O)c1sc2nc(C)n(CC(=O)O)c(=O)c2c1C. The van der Waals surface area contributed by atoms with Gasteiger partial charge in [-0.1, -0.05) is 18.2 Å². The van der Waals surface area contributed by atoms with Gasteiger partial charge in [-0.05, 0) is 38.0 Å². The number of aryl methyl sites for hydroxylation is 3. The second kappa shape index (κ2) is 6.72. The minimum Gasteiger partial charge on any atom is -0.480 e. The Morgan fingerprint density at radius 3 is 2.58 bits per heavy atom. The third-order valence-corrected chi connectivity index (χ3v) is 5.32. The smallest absolute Gasteiger partial charge is 0.323 e. The second-order valence-corrected chi connectivity index (χ2v) is 6.95. The summed E-state index contributed by atoms with van der Waals surface area (Å²) in [6.45, 7) is 4.68. The summed E-state index contributed by atoms with van der Waals surface area (Å²) in [5.74, 6) is -1.14. The fourth-order valence-electron chi connectivity index (χ4n) is 2.75. The number of nitrogens with one attached hydrogen (secondary N) is 1. The second-order valence-electron chi connectivity index (χ2n) is 5.95. The van der Waals surface area contributed by atoms with Gasteiger partial charge in [0.05, 0.1) is 10.3 Å². The van der Waals surface area contributed by atoms with E-state index in [1.54, 1.807) is 19.9 Å². The van der Waals surface area contributed by atoms with Crippen LogP contribution in [0.5, 0.6) is 0 Å². The summed E-state index contributed by atoms with van der Waals surface area (Å²) in [5.41, 5.74) is 1.69. The molecule has 8 heteroatoms. The zero-order chi connectivity index (χ0) is 19.0. The zero-order valence-corrected chi connectivity index (χ0v) is 15.3. The van der Waals surface area contributed by atoms with E-state index in [0.717, 1.165) is 21.5 Å². The molecule has 0 spiro atoms. The van der Waals surface area contributed by atoms with Crippen molar-refractivity contribution in [3.05, 3.63) is 56.4 Å². The molecule has 3 rings (SSSR count). The van der Waals surface area contributed by atoms with E-state index in [1.807, 2.05) is 25.1 Å². The van der Waals surface area contributed by atoms with Crippen LogP contribution >= 0.6 is 11.3 Å². The molecule has 7 nitrogen and oxygen atoms in total. The number of rotatable bonds is 4. The third-order valence-electron chi connectivity index (χ3n) is 4.13. The maximum Gasteiger partial charge on any atom is 0.323 e. The van der Waals surface area contributed by atoms with E-state index in [9.17, 15) is 14.4 Å². The average Bonchev–Trinajstić information content (AvgIpc) is 2.90. The third kappa shape index (κ3) is 3.11. The largest absolute Gasteiger partial charge is 0.480 e. The highest BCUT2D eigenvalue weighted by Gasteiger charge is 2.21. The topological polar surface area (TPSA) is 101 Å². The van der Waals surface area contributed by atoms with Gasteiger partial charge in [-0.3, -0.25) is 19.0 Å². The molecule has 0 aliphatic rings. The summed E-state index contributed by atoms with van der Waals surface area (Å²) in [5, 5.41) is 12.1. The maximum atomic E-state index is 12.7. The van der Waals surface area contributed by atoms with Gasteiger partial charge in [0, 0.05) is 5.69 Å². The molecule has 1 aromatic carbocycles. The molecule has 0 aliphatic carbocycles. The van der Waals surface area contributed by atoms with Crippen LogP contribution in [-0.4, -0.2) is 26.5 Å². The van der Waals surface area contributed by atoms with Gasteiger partial charge in [0.2, 0.25) is 0 Å². The lowest BCUT2D eigenvalue weighted by Crippen LogP contribution is -2.27. The molecule has 1 amide bonds. The quantitative estimate of drug-likeness (QED) is 0.734. The number of aliphatic carboxylic acids is 1. The molecule has 0 fully saturated rings. The van der Waals surface area contributed by atoms with E-state index in [4.69, 9.17) is 5.11 Å². The lowest BCUT2D eigenvalue weighted by atomic mass is 10.1. The van der Waals surface area contributed by atoms with Crippen LogP contribution in [0.1, 0.15) is 26.6 Å². The van der Waals surface area contributed by atoms with Crippen LogP contribution in [0.3, 0.4) is 0 Å². The Hall–Kier alpha value is -3.00.